The van der Waals surface area contributed by atoms with Crippen LogP contribution in [0.1, 0.15) is 226 Å². The lowest BCUT2D eigenvalue weighted by atomic mass is 10.0. The molecule has 0 aromatic carbocycles. The van der Waals surface area contributed by atoms with E-state index in [9.17, 15) is 14.4 Å². The van der Waals surface area contributed by atoms with Crippen LogP contribution >= 0.6 is 0 Å². The van der Waals surface area contributed by atoms with Crippen molar-refractivity contribution >= 4 is 17.9 Å². The highest BCUT2D eigenvalue weighted by Crippen LogP contribution is 2.15. The maximum Gasteiger partial charge on any atom is 0.306 e. The lowest BCUT2D eigenvalue weighted by molar-refractivity contribution is -0.167. The van der Waals surface area contributed by atoms with Crippen molar-refractivity contribution in [3.63, 3.8) is 0 Å². The Hall–Kier alpha value is -2.89. The summed E-state index contributed by atoms with van der Waals surface area (Å²) < 4.78 is 16.7. The second-order valence-electron chi connectivity index (χ2n) is 15.6. The minimum absolute atomic E-state index is 0.0928. The molecule has 0 heterocycles. The van der Waals surface area contributed by atoms with Gasteiger partial charge in [0.1, 0.15) is 13.2 Å². The van der Waals surface area contributed by atoms with E-state index in [4.69, 9.17) is 14.2 Å². The van der Waals surface area contributed by atoms with Gasteiger partial charge in [0.05, 0.1) is 0 Å². The predicted octanol–water partition coefficient (Wildman–Crippen LogP) is 15.3. The van der Waals surface area contributed by atoms with Crippen LogP contribution in [0, 0.1) is 0 Å². The van der Waals surface area contributed by atoms with E-state index >= 15 is 0 Å². The molecule has 57 heavy (non-hydrogen) atoms. The molecule has 0 bridgehead atoms. The molecule has 0 rings (SSSR count). The van der Waals surface area contributed by atoms with Gasteiger partial charge in [0.25, 0.3) is 0 Å². The molecule has 1 atom stereocenters. The minimum atomic E-state index is -0.793. The van der Waals surface area contributed by atoms with Gasteiger partial charge in [0.15, 0.2) is 6.10 Å². The lowest BCUT2D eigenvalue weighted by Gasteiger charge is -2.18. The highest BCUT2D eigenvalue weighted by Gasteiger charge is 2.19. The molecule has 0 N–H and O–H groups in total. The first-order chi connectivity index (χ1) is 28.0. The van der Waals surface area contributed by atoms with Crippen molar-refractivity contribution in [1.82, 2.24) is 0 Å². The van der Waals surface area contributed by atoms with Crippen molar-refractivity contribution < 1.29 is 28.6 Å². The zero-order valence-electron chi connectivity index (χ0n) is 37.3. The number of esters is 3. The fourth-order valence-electron chi connectivity index (χ4n) is 6.50. The number of carbonyl (C=O) groups excluding carboxylic acids is 3. The fourth-order valence-corrected chi connectivity index (χ4v) is 6.50. The average Bonchev–Trinajstić information content (AvgIpc) is 3.21. The van der Waals surface area contributed by atoms with Crippen LogP contribution in [0.3, 0.4) is 0 Å². The molecule has 0 amide bonds. The van der Waals surface area contributed by atoms with Crippen LogP contribution < -0.4 is 0 Å². The second kappa shape index (κ2) is 45.8. The van der Waals surface area contributed by atoms with Gasteiger partial charge < -0.3 is 14.2 Å². The van der Waals surface area contributed by atoms with Gasteiger partial charge in [-0.1, -0.05) is 197 Å². The highest BCUT2D eigenvalue weighted by molar-refractivity contribution is 5.71. The van der Waals surface area contributed by atoms with Gasteiger partial charge in [-0.05, 0) is 70.6 Å². The van der Waals surface area contributed by atoms with Gasteiger partial charge in [-0.25, -0.2) is 0 Å². The molecule has 0 saturated heterocycles. The molecule has 0 aromatic rings. The third kappa shape index (κ3) is 44.1. The van der Waals surface area contributed by atoms with Gasteiger partial charge in [-0.15, -0.1) is 0 Å². The van der Waals surface area contributed by atoms with Crippen LogP contribution in [0.5, 0.6) is 0 Å². The van der Waals surface area contributed by atoms with Crippen molar-refractivity contribution in [3.8, 4) is 0 Å². The maximum absolute atomic E-state index is 12.7. The molecule has 0 aliphatic rings. The third-order valence-electron chi connectivity index (χ3n) is 10.0. The Morgan fingerprint density at radius 1 is 0.368 bits per heavy atom. The minimum Gasteiger partial charge on any atom is -0.462 e. The first-order valence-electron chi connectivity index (χ1n) is 23.8. The standard InChI is InChI=1S/C51H88O6/c1-4-7-10-13-16-19-22-24-26-29-32-35-38-41-44-50(53)56-47-48(46-55-49(52)43-40-37-34-31-28-21-18-15-12-9-6-3)57-51(54)45-42-39-36-33-30-27-25-23-20-17-14-11-8-5-2/h7,9-10,12,16,18-19,21,31,34,48H,4-6,8,11,13-15,17,20,22-30,32-33,35-47H2,1-3H3/b10-7-,12-9-,19-16-,21-18-,34-31-. The first-order valence-corrected chi connectivity index (χ1v) is 23.8. The SMILES string of the molecule is CC/C=C\C/C=C\C/C=C\CCCC(=O)OCC(COC(=O)CCCCCCCCC/C=C\C/C=C\CC)OC(=O)CCCCCCCCCCCCCCCC. The summed E-state index contributed by atoms with van der Waals surface area (Å²) in [5.74, 6) is -0.956. The molecular weight excluding hydrogens is 709 g/mol. The van der Waals surface area contributed by atoms with E-state index in [1.807, 2.05) is 0 Å². The Bertz CT molecular complexity index is 1050. The number of carbonyl (C=O) groups is 3. The number of unbranched alkanes of at least 4 members (excludes halogenated alkanes) is 21. The molecular formula is C51H88O6. The van der Waals surface area contributed by atoms with Gasteiger partial charge in [-0.3, -0.25) is 14.4 Å². The van der Waals surface area contributed by atoms with Crippen LogP contribution in [0.15, 0.2) is 60.8 Å². The van der Waals surface area contributed by atoms with Crippen molar-refractivity contribution in [2.75, 3.05) is 13.2 Å². The van der Waals surface area contributed by atoms with Gasteiger partial charge in [0.2, 0.25) is 0 Å². The molecule has 0 saturated carbocycles. The maximum atomic E-state index is 12.7. The van der Waals surface area contributed by atoms with Crippen LogP contribution in [0.2, 0.25) is 0 Å². The van der Waals surface area contributed by atoms with Crippen LogP contribution in [0.4, 0.5) is 0 Å². The van der Waals surface area contributed by atoms with Crippen molar-refractivity contribution in [2.45, 2.75) is 232 Å². The molecule has 6 nitrogen and oxygen atoms in total. The summed E-state index contributed by atoms with van der Waals surface area (Å²) >= 11 is 0. The average molecular weight is 797 g/mol. The smallest absolute Gasteiger partial charge is 0.306 e. The molecule has 0 fully saturated rings. The predicted molar refractivity (Wildman–Crippen MR) is 242 cm³/mol. The van der Waals surface area contributed by atoms with E-state index < -0.39 is 6.10 Å². The summed E-state index contributed by atoms with van der Waals surface area (Å²) in [5.41, 5.74) is 0. The molecule has 328 valence electrons. The largest absolute Gasteiger partial charge is 0.462 e. The normalized spacial score (nSPS) is 12.5. The van der Waals surface area contributed by atoms with Crippen LogP contribution in [-0.2, 0) is 28.6 Å². The van der Waals surface area contributed by atoms with Crippen molar-refractivity contribution in [3.05, 3.63) is 60.8 Å². The summed E-state index contributed by atoms with van der Waals surface area (Å²) in [7, 11) is 0. The molecule has 6 heteroatoms. The van der Waals surface area contributed by atoms with E-state index in [1.54, 1.807) is 0 Å². The van der Waals surface area contributed by atoms with Crippen molar-refractivity contribution in [2.24, 2.45) is 0 Å². The van der Waals surface area contributed by atoms with Crippen LogP contribution in [-0.4, -0.2) is 37.2 Å². The molecule has 0 radical (unpaired) electrons. The lowest BCUT2D eigenvalue weighted by Crippen LogP contribution is -2.30. The topological polar surface area (TPSA) is 78.9 Å². The number of ether oxygens (including phenoxy) is 3. The van der Waals surface area contributed by atoms with Crippen molar-refractivity contribution in [1.29, 1.82) is 0 Å². The number of hydrogen-bond donors (Lipinski definition) is 0. The Balaban J connectivity index is 4.42. The summed E-state index contributed by atoms with van der Waals surface area (Å²) in [4.78, 5) is 37.8. The number of allylic oxidation sites excluding steroid dienone is 10. The summed E-state index contributed by atoms with van der Waals surface area (Å²) in [6, 6.07) is 0. The van der Waals surface area contributed by atoms with E-state index in [1.165, 1.54) is 96.3 Å². The Morgan fingerprint density at radius 3 is 1.14 bits per heavy atom. The highest BCUT2D eigenvalue weighted by atomic mass is 16.6. The summed E-state index contributed by atoms with van der Waals surface area (Å²) in [6.07, 6.45) is 55.0. The number of hydrogen-bond acceptors (Lipinski definition) is 6. The summed E-state index contributed by atoms with van der Waals surface area (Å²) in [6.45, 7) is 6.36. The number of rotatable bonds is 42. The zero-order valence-corrected chi connectivity index (χ0v) is 37.3. The van der Waals surface area contributed by atoms with Gasteiger partial charge >= 0.3 is 17.9 Å². The van der Waals surface area contributed by atoms with E-state index in [2.05, 4.69) is 81.5 Å². The van der Waals surface area contributed by atoms with Gasteiger partial charge in [0, 0.05) is 19.3 Å². The van der Waals surface area contributed by atoms with E-state index in [-0.39, 0.29) is 37.5 Å². The zero-order chi connectivity index (χ0) is 41.5. The Labute approximate surface area is 351 Å². The Morgan fingerprint density at radius 2 is 0.702 bits per heavy atom. The summed E-state index contributed by atoms with van der Waals surface area (Å²) in [5, 5.41) is 0. The molecule has 0 aromatic heterocycles. The second-order valence-corrected chi connectivity index (χ2v) is 15.6. The van der Waals surface area contributed by atoms with Gasteiger partial charge in [-0.2, -0.15) is 0 Å². The molecule has 0 aliphatic carbocycles. The monoisotopic (exact) mass is 797 g/mol. The van der Waals surface area contributed by atoms with Crippen LogP contribution in [0.25, 0.3) is 0 Å². The Kier molecular flexibility index (Phi) is 43.5. The quantitative estimate of drug-likeness (QED) is 0.0265. The molecule has 1 unspecified atom stereocenters. The fraction of sp³-hybridized carbons (Fsp3) is 0.745. The third-order valence-corrected chi connectivity index (χ3v) is 10.0. The molecule has 0 aliphatic heterocycles. The van der Waals surface area contributed by atoms with E-state index in [0.717, 1.165) is 83.5 Å². The molecule has 0 spiro atoms. The first kappa shape index (κ1) is 54.1. The van der Waals surface area contributed by atoms with E-state index in [0.29, 0.717) is 19.3 Å².